The summed E-state index contributed by atoms with van der Waals surface area (Å²) in [6.07, 6.45) is 0.369. The molecule has 0 spiro atoms. The SMILES string of the molecule is CCC[C@H](NC(=O)OC(C)(C)C)C(=O)Oc1ccc2c(oc(=O)c3ccccc32)c1C. The standard InChI is InChI=1S/C24H27NO6/c1-6-9-18(25-23(28)31-24(3,4)5)22(27)29-19-13-12-16-15-10-7-8-11-17(15)21(26)30-20(16)14(19)2/h7-8,10-13,18H,6,9H2,1-5H3,(H,25,28)/t18-/m0/s1. The Labute approximate surface area is 180 Å². The van der Waals surface area contributed by atoms with Gasteiger partial charge >= 0.3 is 17.7 Å². The van der Waals surface area contributed by atoms with Crippen molar-refractivity contribution in [2.24, 2.45) is 0 Å². The maximum atomic E-state index is 12.8. The molecule has 1 N–H and O–H groups in total. The van der Waals surface area contributed by atoms with Crippen LogP contribution in [0.5, 0.6) is 5.75 Å². The van der Waals surface area contributed by atoms with Gasteiger partial charge < -0.3 is 19.2 Å². The van der Waals surface area contributed by atoms with Crippen molar-refractivity contribution >= 4 is 33.8 Å². The fraction of sp³-hybridized carbons (Fsp3) is 0.375. The molecule has 3 rings (SSSR count). The molecule has 164 valence electrons. The number of nitrogens with one attached hydrogen (secondary N) is 1. The van der Waals surface area contributed by atoms with Crippen LogP contribution in [0.4, 0.5) is 4.79 Å². The third kappa shape index (κ3) is 5.05. The van der Waals surface area contributed by atoms with Crippen molar-refractivity contribution in [3.8, 4) is 5.75 Å². The number of hydrogen-bond acceptors (Lipinski definition) is 6. The second-order valence-electron chi connectivity index (χ2n) is 8.41. The van der Waals surface area contributed by atoms with Gasteiger partial charge in [-0.3, -0.25) is 0 Å². The smallest absolute Gasteiger partial charge is 0.408 e. The molecule has 7 heteroatoms. The highest BCUT2D eigenvalue weighted by Crippen LogP contribution is 2.31. The molecule has 0 radical (unpaired) electrons. The molecule has 0 aliphatic heterocycles. The number of ether oxygens (including phenoxy) is 2. The predicted octanol–water partition coefficient (Wildman–Crippen LogP) is 4.85. The van der Waals surface area contributed by atoms with Gasteiger partial charge in [-0.25, -0.2) is 14.4 Å². The van der Waals surface area contributed by atoms with E-state index in [0.717, 1.165) is 10.8 Å². The lowest BCUT2D eigenvalue weighted by Gasteiger charge is -2.23. The third-order valence-electron chi connectivity index (χ3n) is 4.75. The first-order chi connectivity index (χ1) is 14.6. The van der Waals surface area contributed by atoms with Crippen molar-refractivity contribution < 1.29 is 23.5 Å². The second kappa shape index (κ2) is 8.79. The van der Waals surface area contributed by atoms with E-state index in [2.05, 4.69) is 5.32 Å². The third-order valence-corrected chi connectivity index (χ3v) is 4.75. The van der Waals surface area contributed by atoms with Crippen LogP contribution in [0.1, 0.15) is 46.1 Å². The Morgan fingerprint density at radius 3 is 2.39 bits per heavy atom. The lowest BCUT2D eigenvalue weighted by Crippen LogP contribution is -2.45. The van der Waals surface area contributed by atoms with Crippen molar-refractivity contribution in [1.82, 2.24) is 5.32 Å². The highest BCUT2D eigenvalue weighted by molar-refractivity contribution is 6.05. The minimum atomic E-state index is -0.862. The lowest BCUT2D eigenvalue weighted by molar-refractivity contribution is -0.137. The van der Waals surface area contributed by atoms with E-state index in [1.807, 2.05) is 19.1 Å². The van der Waals surface area contributed by atoms with Crippen LogP contribution in [-0.2, 0) is 9.53 Å². The van der Waals surface area contributed by atoms with Crippen LogP contribution in [0, 0.1) is 6.92 Å². The predicted molar refractivity (Wildman–Crippen MR) is 118 cm³/mol. The fourth-order valence-electron chi connectivity index (χ4n) is 3.34. The highest BCUT2D eigenvalue weighted by Gasteiger charge is 2.26. The van der Waals surface area contributed by atoms with E-state index in [1.165, 1.54) is 0 Å². The number of carbonyl (C=O) groups excluding carboxylic acids is 2. The molecule has 0 saturated heterocycles. The van der Waals surface area contributed by atoms with E-state index >= 15 is 0 Å². The maximum absolute atomic E-state index is 12.8. The molecule has 1 aromatic heterocycles. The molecular formula is C24H27NO6. The van der Waals surface area contributed by atoms with Crippen molar-refractivity contribution in [2.45, 2.75) is 59.1 Å². The molecule has 0 aliphatic rings. The van der Waals surface area contributed by atoms with Crippen molar-refractivity contribution in [3.05, 3.63) is 52.4 Å². The normalized spacial score (nSPS) is 12.5. The number of benzene rings is 2. The number of alkyl carbamates (subject to hydrolysis) is 1. The lowest BCUT2D eigenvalue weighted by atomic mass is 10.0. The maximum Gasteiger partial charge on any atom is 0.408 e. The van der Waals surface area contributed by atoms with E-state index in [4.69, 9.17) is 13.9 Å². The van der Waals surface area contributed by atoms with Gasteiger partial charge in [0.05, 0.1) is 5.39 Å². The summed E-state index contributed by atoms with van der Waals surface area (Å²) >= 11 is 0. The average molecular weight is 425 g/mol. The first kappa shape index (κ1) is 22.3. The van der Waals surface area contributed by atoms with Gasteiger partial charge in [-0.05, 0) is 57.7 Å². The molecule has 0 bridgehead atoms. The molecule has 31 heavy (non-hydrogen) atoms. The number of aryl methyl sites for hydroxylation is 1. The van der Waals surface area contributed by atoms with E-state index in [9.17, 15) is 14.4 Å². The van der Waals surface area contributed by atoms with E-state index in [0.29, 0.717) is 29.4 Å². The highest BCUT2D eigenvalue weighted by atomic mass is 16.6. The summed E-state index contributed by atoms with van der Waals surface area (Å²) in [5.74, 6) is -0.346. The molecule has 1 atom stereocenters. The molecule has 1 amide bonds. The summed E-state index contributed by atoms with van der Waals surface area (Å²) in [5, 5.41) is 4.59. The number of hydrogen-bond donors (Lipinski definition) is 1. The summed E-state index contributed by atoms with van der Waals surface area (Å²) in [6, 6.07) is 9.74. The van der Waals surface area contributed by atoms with E-state index in [1.54, 1.807) is 52.0 Å². The minimum Gasteiger partial charge on any atom is -0.444 e. The number of fused-ring (bicyclic) bond motifs is 3. The Bertz CT molecular complexity index is 1190. The number of esters is 1. The Balaban J connectivity index is 1.89. The van der Waals surface area contributed by atoms with E-state index < -0.39 is 29.3 Å². The molecule has 1 heterocycles. The average Bonchev–Trinajstić information content (AvgIpc) is 2.69. The largest absolute Gasteiger partial charge is 0.444 e. The summed E-state index contributed by atoms with van der Waals surface area (Å²) in [7, 11) is 0. The topological polar surface area (TPSA) is 94.8 Å². The summed E-state index contributed by atoms with van der Waals surface area (Å²) in [4.78, 5) is 37.3. The molecular weight excluding hydrogens is 398 g/mol. The first-order valence-electron chi connectivity index (χ1n) is 10.3. The molecule has 7 nitrogen and oxygen atoms in total. The Kier molecular flexibility index (Phi) is 6.34. The first-order valence-corrected chi connectivity index (χ1v) is 10.3. The van der Waals surface area contributed by atoms with Gasteiger partial charge in [-0.15, -0.1) is 0 Å². The van der Waals surface area contributed by atoms with Gasteiger partial charge in [0.2, 0.25) is 0 Å². The zero-order valence-corrected chi connectivity index (χ0v) is 18.4. The van der Waals surface area contributed by atoms with Crippen LogP contribution in [0.15, 0.2) is 45.6 Å². The molecule has 0 aliphatic carbocycles. The van der Waals surface area contributed by atoms with Gasteiger partial charge in [0.25, 0.3) is 0 Å². The van der Waals surface area contributed by atoms with Crippen LogP contribution in [0.25, 0.3) is 21.7 Å². The van der Waals surface area contributed by atoms with Crippen molar-refractivity contribution in [2.75, 3.05) is 0 Å². The van der Waals surface area contributed by atoms with Crippen LogP contribution < -0.4 is 15.7 Å². The summed E-state index contributed by atoms with van der Waals surface area (Å²) in [6.45, 7) is 8.86. The van der Waals surface area contributed by atoms with Crippen LogP contribution in [0.2, 0.25) is 0 Å². The van der Waals surface area contributed by atoms with Gasteiger partial charge in [-0.2, -0.15) is 0 Å². The zero-order chi connectivity index (χ0) is 22.8. The number of carbonyl (C=O) groups is 2. The van der Waals surface area contributed by atoms with Crippen LogP contribution >= 0.6 is 0 Å². The van der Waals surface area contributed by atoms with Gasteiger partial charge in [0, 0.05) is 10.9 Å². The van der Waals surface area contributed by atoms with E-state index in [-0.39, 0.29) is 5.75 Å². The molecule has 0 fully saturated rings. The fourth-order valence-corrected chi connectivity index (χ4v) is 3.34. The van der Waals surface area contributed by atoms with Crippen molar-refractivity contribution in [1.29, 1.82) is 0 Å². The van der Waals surface area contributed by atoms with Crippen molar-refractivity contribution in [3.63, 3.8) is 0 Å². The van der Waals surface area contributed by atoms with Gasteiger partial charge in [0.1, 0.15) is 23.0 Å². The Morgan fingerprint density at radius 1 is 1.06 bits per heavy atom. The molecule has 0 unspecified atom stereocenters. The monoisotopic (exact) mass is 425 g/mol. The molecule has 3 aromatic rings. The van der Waals surface area contributed by atoms with Gasteiger partial charge in [-0.1, -0.05) is 31.5 Å². The Hall–Kier alpha value is -3.35. The van der Waals surface area contributed by atoms with Crippen LogP contribution in [0.3, 0.4) is 0 Å². The second-order valence-corrected chi connectivity index (χ2v) is 8.41. The summed E-state index contributed by atoms with van der Waals surface area (Å²) in [5.41, 5.74) is -0.243. The Morgan fingerprint density at radius 2 is 1.74 bits per heavy atom. The van der Waals surface area contributed by atoms with Gasteiger partial charge in [0.15, 0.2) is 0 Å². The molecule has 0 saturated carbocycles. The van der Waals surface area contributed by atoms with Crippen LogP contribution in [-0.4, -0.2) is 23.7 Å². The number of rotatable bonds is 5. The summed E-state index contributed by atoms with van der Waals surface area (Å²) < 4.78 is 16.3. The molecule has 2 aromatic carbocycles. The quantitative estimate of drug-likeness (QED) is 0.272. The number of amides is 1. The zero-order valence-electron chi connectivity index (χ0n) is 18.4. The minimum absolute atomic E-state index is 0.267.